The number of hydrogen-bond acceptors (Lipinski definition) is 7. The third-order valence-electron chi connectivity index (χ3n) is 6.43. The molecule has 4 aromatic rings. The highest BCUT2D eigenvalue weighted by Crippen LogP contribution is 2.37. The highest BCUT2D eigenvalue weighted by atomic mass is 16.5. The van der Waals surface area contributed by atoms with Gasteiger partial charge in [-0.15, -0.1) is 0 Å². The van der Waals surface area contributed by atoms with Crippen LogP contribution in [0.15, 0.2) is 83.8 Å². The van der Waals surface area contributed by atoms with Crippen molar-refractivity contribution in [3.63, 3.8) is 0 Å². The fourth-order valence-corrected chi connectivity index (χ4v) is 4.43. The van der Waals surface area contributed by atoms with Crippen molar-refractivity contribution in [1.82, 2.24) is 9.55 Å². The van der Waals surface area contributed by atoms with E-state index in [1.165, 1.54) is 13.2 Å². The summed E-state index contributed by atoms with van der Waals surface area (Å²) >= 11 is 0. The van der Waals surface area contributed by atoms with E-state index >= 15 is 0 Å². The minimum atomic E-state index is -0.810. The van der Waals surface area contributed by atoms with Gasteiger partial charge in [0, 0.05) is 29.9 Å². The second kappa shape index (κ2) is 12.1. The number of rotatable bonds is 10. The van der Waals surface area contributed by atoms with Crippen molar-refractivity contribution in [2.75, 3.05) is 7.11 Å². The Labute approximate surface area is 220 Å². The standard InChI is InChI=1S/C30H30N2O6/c1-20-17-26(34)29(30(36)32(20)16-14-21-10-12-23(33)13-11-21)25(18-28(35)37-2)24-8-3-4-9-27(24)38-19-22-7-5-6-15-31-22/h3-13,15,17,25,33-34H,14,16,18-19H2,1-2H3. The molecule has 2 aromatic heterocycles. The topological polar surface area (TPSA) is 111 Å². The van der Waals surface area contributed by atoms with Crippen LogP contribution in [0.4, 0.5) is 0 Å². The van der Waals surface area contributed by atoms with E-state index < -0.39 is 17.4 Å². The van der Waals surface area contributed by atoms with Crippen molar-refractivity contribution >= 4 is 5.97 Å². The lowest BCUT2D eigenvalue weighted by Crippen LogP contribution is -2.29. The van der Waals surface area contributed by atoms with Crippen molar-refractivity contribution in [2.24, 2.45) is 0 Å². The van der Waals surface area contributed by atoms with Gasteiger partial charge in [0.2, 0.25) is 0 Å². The molecular weight excluding hydrogens is 484 g/mol. The molecule has 2 aromatic carbocycles. The van der Waals surface area contributed by atoms with Gasteiger partial charge in [0.05, 0.1) is 24.8 Å². The number of aryl methyl sites for hydroxylation is 2. The number of aromatic nitrogens is 2. The Morgan fingerprint density at radius 3 is 2.47 bits per heavy atom. The predicted molar refractivity (Wildman–Crippen MR) is 142 cm³/mol. The molecule has 4 rings (SSSR count). The molecule has 196 valence electrons. The average Bonchev–Trinajstić information content (AvgIpc) is 2.92. The summed E-state index contributed by atoms with van der Waals surface area (Å²) in [6, 6.07) is 21.0. The molecular formula is C30H30N2O6. The highest BCUT2D eigenvalue weighted by Gasteiger charge is 2.29. The van der Waals surface area contributed by atoms with Crippen molar-refractivity contribution < 1.29 is 24.5 Å². The van der Waals surface area contributed by atoms with Gasteiger partial charge in [0.25, 0.3) is 5.56 Å². The van der Waals surface area contributed by atoms with E-state index in [1.54, 1.807) is 66.2 Å². The molecule has 0 radical (unpaired) electrons. The molecule has 0 aliphatic heterocycles. The number of benzene rings is 2. The Morgan fingerprint density at radius 2 is 1.76 bits per heavy atom. The normalized spacial score (nSPS) is 11.6. The van der Waals surface area contributed by atoms with Gasteiger partial charge in [-0.3, -0.25) is 14.6 Å². The van der Waals surface area contributed by atoms with E-state index in [4.69, 9.17) is 9.47 Å². The molecule has 1 atom stereocenters. The minimum absolute atomic E-state index is 0.0978. The van der Waals surface area contributed by atoms with Gasteiger partial charge in [-0.25, -0.2) is 0 Å². The molecule has 0 saturated heterocycles. The fourth-order valence-electron chi connectivity index (χ4n) is 4.43. The molecule has 0 spiro atoms. The smallest absolute Gasteiger partial charge is 0.306 e. The Hall–Kier alpha value is -4.59. The second-order valence-electron chi connectivity index (χ2n) is 8.94. The Morgan fingerprint density at radius 1 is 1.03 bits per heavy atom. The first-order valence-electron chi connectivity index (χ1n) is 12.3. The average molecular weight is 515 g/mol. The first-order valence-corrected chi connectivity index (χ1v) is 12.3. The lowest BCUT2D eigenvalue weighted by Gasteiger charge is -2.22. The molecule has 0 amide bonds. The molecule has 1 unspecified atom stereocenters. The van der Waals surface area contributed by atoms with Crippen LogP contribution >= 0.6 is 0 Å². The van der Waals surface area contributed by atoms with Crippen molar-refractivity contribution in [1.29, 1.82) is 0 Å². The summed E-state index contributed by atoms with van der Waals surface area (Å²) in [5.74, 6) is -0.882. The number of phenols is 1. The van der Waals surface area contributed by atoms with Crippen molar-refractivity contribution in [3.05, 3.63) is 117 Å². The summed E-state index contributed by atoms with van der Waals surface area (Å²) < 4.78 is 12.6. The largest absolute Gasteiger partial charge is 0.508 e. The number of pyridine rings is 2. The summed E-state index contributed by atoms with van der Waals surface area (Å²) in [6.07, 6.45) is 2.05. The van der Waals surface area contributed by atoms with E-state index in [0.717, 1.165) is 11.3 Å². The number of esters is 1. The third-order valence-corrected chi connectivity index (χ3v) is 6.43. The summed E-state index contributed by atoms with van der Waals surface area (Å²) in [4.78, 5) is 30.6. The van der Waals surface area contributed by atoms with Crippen LogP contribution in [-0.4, -0.2) is 32.8 Å². The number of nitrogens with zero attached hydrogens (tertiary/aromatic N) is 2. The molecule has 0 bridgehead atoms. The number of ether oxygens (including phenoxy) is 2. The van der Waals surface area contributed by atoms with Crippen molar-refractivity contribution in [3.8, 4) is 17.2 Å². The number of phenolic OH excluding ortho intramolecular Hbond substituents is 1. The number of aromatic hydroxyl groups is 2. The summed E-state index contributed by atoms with van der Waals surface area (Å²) in [7, 11) is 1.29. The quantitative estimate of drug-likeness (QED) is 0.300. The monoisotopic (exact) mass is 514 g/mol. The van der Waals surface area contributed by atoms with E-state index in [1.807, 2.05) is 18.2 Å². The van der Waals surface area contributed by atoms with Gasteiger partial charge < -0.3 is 24.3 Å². The Balaban J connectivity index is 1.73. The van der Waals surface area contributed by atoms with Gasteiger partial charge in [-0.05, 0) is 55.3 Å². The van der Waals surface area contributed by atoms with Crippen molar-refractivity contribution in [2.45, 2.75) is 38.8 Å². The second-order valence-corrected chi connectivity index (χ2v) is 8.94. The first kappa shape index (κ1) is 26.5. The molecule has 0 aliphatic rings. The molecule has 2 N–H and O–H groups in total. The SMILES string of the molecule is COC(=O)CC(c1ccccc1OCc1ccccn1)c1c(O)cc(C)n(CCc2ccc(O)cc2)c1=O. The zero-order valence-corrected chi connectivity index (χ0v) is 21.3. The Bertz CT molecular complexity index is 1450. The van der Waals surface area contributed by atoms with E-state index in [2.05, 4.69) is 4.98 Å². The maximum absolute atomic E-state index is 13.8. The van der Waals surface area contributed by atoms with Gasteiger partial charge in [-0.1, -0.05) is 36.4 Å². The number of para-hydroxylation sites is 1. The van der Waals surface area contributed by atoms with Gasteiger partial charge >= 0.3 is 5.97 Å². The lowest BCUT2D eigenvalue weighted by atomic mass is 9.87. The third kappa shape index (κ3) is 6.21. The Kier molecular flexibility index (Phi) is 8.43. The van der Waals surface area contributed by atoms with E-state index in [9.17, 15) is 19.8 Å². The van der Waals surface area contributed by atoms with Crippen LogP contribution < -0.4 is 10.3 Å². The molecule has 2 heterocycles. The molecule has 0 saturated carbocycles. The zero-order valence-electron chi connectivity index (χ0n) is 21.3. The summed E-state index contributed by atoms with van der Waals surface area (Å²) in [6.45, 7) is 2.30. The number of methoxy groups -OCH3 is 1. The van der Waals surface area contributed by atoms with Gasteiger partial charge in [0.1, 0.15) is 23.9 Å². The molecule has 8 heteroatoms. The van der Waals surface area contributed by atoms with Crippen LogP contribution in [0, 0.1) is 6.92 Å². The molecule has 8 nitrogen and oxygen atoms in total. The maximum Gasteiger partial charge on any atom is 0.306 e. The number of carbonyl (C=O) groups excluding carboxylic acids is 1. The zero-order chi connectivity index (χ0) is 27.1. The number of hydrogen-bond donors (Lipinski definition) is 2. The van der Waals surface area contributed by atoms with Gasteiger partial charge in [0.15, 0.2) is 0 Å². The van der Waals surface area contributed by atoms with Crippen LogP contribution in [0.25, 0.3) is 0 Å². The van der Waals surface area contributed by atoms with Crippen LogP contribution in [0.5, 0.6) is 17.2 Å². The first-order chi connectivity index (χ1) is 18.4. The number of carbonyl (C=O) groups is 1. The minimum Gasteiger partial charge on any atom is -0.508 e. The van der Waals surface area contributed by atoms with E-state index in [-0.39, 0.29) is 30.1 Å². The molecule has 0 fully saturated rings. The maximum atomic E-state index is 13.8. The molecule has 38 heavy (non-hydrogen) atoms. The molecule has 0 aliphatic carbocycles. The highest BCUT2D eigenvalue weighted by molar-refractivity contribution is 5.72. The van der Waals surface area contributed by atoms with Crippen LogP contribution in [-0.2, 0) is 29.1 Å². The van der Waals surface area contributed by atoms with Crippen LogP contribution in [0.1, 0.15) is 40.4 Å². The lowest BCUT2D eigenvalue weighted by molar-refractivity contribution is -0.140. The van der Waals surface area contributed by atoms with Crippen LogP contribution in [0.2, 0.25) is 0 Å². The predicted octanol–water partition coefficient (Wildman–Crippen LogP) is 4.48. The summed E-state index contributed by atoms with van der Waals surface area (Å²) in [5, 5.41) is 20.5. The fraction of sp³-hybridized carbons (Fsp3) is 0.233. The van der Waals surface area contributed by atoms with Crippen LogP contribution in [0.3, 0.4) is 0 Å². The van der Waals surface area contributed by atoms with Gasteiger partial charge in [-0.2, -0.15) is 0 Å². The summed E-state index contributed by atoms with van der Waals surface area (Å²) in [5.41, 5.74) is 2.54. The van der Waals surface area contributed by atoms with E-state index in [0.29, 0.717) is 30.0 Å².